The molecule has 4 atom stereocenters. The van der Waals surface area contributed by atoms with Crippen LogP contribution in [0, 0.1) is 0 Å². The third-order valence-electron chi connectivity index (χ3n) is 6.70. The van der Waals surface area contributed by atoms with E-state index in [0.29, 0.717) is 32.4 Å². The quantitative estimate of drug-likeness (QED) is 0.0592. The number of hydrogen-bond acceptors (Lipinski definition) is 7. The normalized spacial score (nSPS) is 13.5. The van der Waals surface area contributed by atoms with Crippen LogP contribution in [0.5, 0.6) is 0 Å². The number of carboxylic acids is 1. The number of guanidine groups is 1. The molecule has 0 radical (unpaired) electrons. The van der Waals surface area contributed by atoms with Gasteiger partial charge in [0, 0.05) is 19.4 Å². The Kier molecular flexibility index (Phi) is 15.2. The van der Waals surface area contributed by atoms with Gasteiger partial charge < -0.3 is 44.0 Å². The molecule has 0 aliphatic rings. The first kappa shape index (κ1) is 34.7. The summed E-state index contributed by atoms with van der Waals surface area (Å²) in [6, 6.07) is 13.8. The van der Waals surface area contributed by atoms with Crippen LogP contribution in [0.25, 0.3) is 0 Å². The maximum Gasteiger partial charge on any atom is 0.326 e. The molecule has 234 valence electrons. The summed E-state index contributed by atoms with van der Waals surface area (Å²) in [4.78, 5) is 55.7. The van der Waals surface area contributed by atoms with Gasteiger partial charge in [0.1, 0.15) is 18.1 Å². The molecular weight excluding hydrogens is 552 g/mol. The van der Waals surface area contributed by atoms with Gasteiger partial charge in [-0.2, -0.15) is 0 Å². The van der Waals surface area contributed by atoms with Crippen LogP contribution in [-0.4, -0.2) is 72.0 Å². The molecule has 0 aliphatic heterocycles. The molecule has 3 amide bonds. The van der Waals surface area contributed by atoms with Gasteiger partial charge in [-0.3, -0.25) is 19.4 Å². The van der Waals surface area contributed by atoms with Crippen molar-refractivity contribution in [3.05, 3.63) is 71.8 Å². The van der Waals surface area contributed by atoms with Crippen molar-refractivity contribution < 1.29 is 24.3 Å². The Morgan fingerprint density at radius 1 is 0.698 bits per heavy atom. The molecule has 43 heavy (non-hydrogen) atoms. The standard InChI is InChI=1S/C30H44N8O5/c31-16-8-7-15-23(29(42)43)36-27(40)25(19-21-12-5-2-6-13-21)38-28(41)24(18-20-10-3-1-4-11-20)37-26(39)22(32)14-9-17-35-30(33)34/h1-6,10-13,22-25H,7-9,14-19,31-32H2,(H,36,40)(H,37,39)(H,38,41)(H,42,43)(H4,33,34,35). The molecule has 0 fully saturated rings. The summed E-state index contributed by atoms with van der Waals surface area (Å²) in [7, 11) is 0. The minimum atomic E-state index is -1.18. The van der Waals surface area contributed by atoms with Gasteiger partial charge in [0.05, 0.1) is 6.04 Å². The number of carbonyl (C=O) groups excluding carboxylic acids is 3. The van der Waals surface area contributed by atoms with E-state index in [9.17, 15) is 24.3 Å². The fourth-order valence-corrected chi connectivity index (χ4v) is 4.34. The Labute approximate surface area is 251 Å². The lowest BCUT2D eigenvalue weighted by Crippen LogP contribution is -2.58. The first-order valence-corrected chi connectivity index (χ1v) is 14.3. The number of amides is 3. The molecule has 0 heterocycles. The predicted octanol–water partition coefficient (Wildman–Crippen LogP) is -0.479. The maximum atomic E-state index is 13.7. The number of benzene rings is 2. The highest BCUT2D eigenvalue weighted by atomic mass is 16.4. The van der Waals surface area contributed by atoms with E-state index in [4.69, 9.17) is 22.9 Å². The van der Waals surface area contributed by atoms with Gasteiger partial charge in [-0.1, -0.05) is 60.7 Å². The minimum Gasteiger partial charge on any atom is -0.480 e. The summed E-state index contributed by atoms with van der Waals surface area (Å²) in [6.07, 6.45) is 2.29. The Bertz CT molecular complexity index is 1190. The van der Waals surface area contributed by atoms with Gasteiger partial charge in [-0.15, -0.1) is 0 Å². The molecule has 13 heteroatoms. The molecule has 0 bridgehead atoms. The number of nitrogens with zero attached hydrogens (tertiary/aromatic N) is 1. The van der Waals surface area contributed by atoms with Crippen molar-refractivity contribution in [2.45, 2.75) is 69.1 Å². The smallest absolute Gasteiger partial charge is 0.326 e. The molecule has 2 aromatic rings. The average Bonchev–Trinajstić information content (AvgIpc) is 2.98. The molecular formula is C30H44N8O5. The predicted molar refractivity (Wildman–Crippen MR) is 165 cm³/mol. The number of hydrogen-bond donors (Lipinski definition) is 8. The number of nitrogens with two attached hydrogens (primary N) is 4. The van der Waals surface area contributed by atoms with Crippen molar-refractivity contribution in [2.24, 2.45) is 27.9 Å². The van der Waals surface area contributed by atoms with Gasteiger partial charge >= 0.3 is 5.97 Å². The number of rotatable bonds is 19. The summed E-state index contributed by atoms with van der Waals surface area (Å²) >= 11 is 0. The van der Waals surface area contributed by atoms with E-state index in [0.717, 1.165) is 11.1 Å². The molecule has 13 nitrogen and oxygen atoms in total. The highest BCUT2D eigenvalue weighted by Crippen LogP contribution is 2.09. The third kappa shape index (κ3) is 13.4. The molecule has 2 aromatic carbocycles. The van der Waals surface area contributed by atoms with Crippen LogP contribution in [0.3, 0.4) is 0 Å². The van der Waals surface area contributed by atoms with E-state index in [1.165, 1.54) is 0 Å². The average molecular weight is 597 g/mol. The summed E-state index contributed by atoms with van der Waals surface area (Å²) in [5.41, 5.74) is 23.8. The highest BCUT2D eigenvalue weighted by Gasteiger charge is 2.30. The molecule has 0 saturated carbocycles. The van der Waals surface area contributed by atoms with Crippen LogP contribution in [0.4, 0.5) is 0 Å². The lowest BCUT2D eigenvalue weighted by Gasteiger charge is -2.25. The van der Waals surface area contributed by atoms with Gasteiger partial charge in [0.2, 0.25) is 17.7 Å². The largest absolute Gasteiger partial charge is 0.480 e. The molecule has 0 aromatic heterocycles. The van der Waals surface area contributed by atoms with Crippen molar-refractivity contribution in [3.63, 3.8) is 0 Å². The zero-order valence-corrected chi connectivity index (χ0v) is 24.3. The maximum absolute atomic E-state index is 13.7. The zero-order valence-electron chi connectivity index (χ0n) is 24.3. The molecule has 12 N–H and O–H groups in total. The van der Waals surface area contributed by atoms with Crippen molar-refractivity contribution >= 4 is 29.7 Å². The number of nitrogens with one attached hydrogen (secondary N) is 3. The molecule has 0 spiro atoms. The number of carboxylic acid groups (broad SMARTS) is 1. The van der Waals surface area contributed by atoms with Crippen LogP contribution < -0.4 is 38.9 Å². The SMILES string of the molecule is NCCCCC(NC(=O)C(Cc1ccccc1)NC(=O)C(Cc1ccccc1)NC(=O)C(N)CCCN=C(N)N)C(=O)O. The Hall–Kier alpha value is -4.49. The van der Waals surface area contributed by atoms with Crippen LogP contribution >= 0.6 is 0 Å². The lowest BCUT2D eigenvalue weighted by atomic mass is 10.0. The van der Waals surface area contributed by atoms with E-state index in [2.05, 4.69) is 20.9 Å². The van der Waals surface area contributed by atoms with Crippen LogP contribution in [0.1, 0.15) is 43.2 Å². The molecule has 0 saturated heterocycles. The number of carbonyl (C=O) groups is 4. The van der Waals surface area contributed by atoms with Gasteiger partial charge in [0.25, 0.3) is 0 Å². The van der Waals surface area contributed by atoms with Crippen molar-refractivity contribution in [1.82, 2.24) is 16.0 Å². The highest BCUT2D eigenvalue weighted by molar-refractivity contribution is 5.94. The fourth-order valence-electron chi connectivity index (χ4n) is 4.34. The van der Waals surface area contributed by atoms with Crippen molar-refractivity contribution in [2.75, 3.05) is 13.1 Å². The summed E-state index contributed by atoms with van der Waals surface area (Å²) < 4.78 is 0. The first-order valence-electron chi connectivity index (χ1n) is 14.3. The van der Waals surface area contributed by atoms with Crippen molar-refractivity contribution in [1.29, 1.82) is 0 Å². The van der Waals surface area contributed by atoms with E-state index in [1.54, 1.807) is 24.3 Å². The Morgan fingerprint density at radius 2 is 1.19 bits per heavy atom. The second-order valence-electron chi connectivity index (χ2n) is 10.2. The first-order chi connectivity index (χ1) is 20.6. The summed E-state index contributed by atoms with van der Waals surface area (Å²) in [6.45, 7) is 0.707. The molecule has 4 unspecified atom stereocenters. The Morgan fingerprint density at radius 3 is 1.65 bits per heavy atom. The van der Waals surface area contributed by atoms with Gasteiger partial charge in [-0.05, 0) is 49.8 Å². The number of aliphatic carboxylic acids is 1. The van der Waals surface area contributed by atoms with E-state index in [-0.39, 0.29) is 31.6 Å². The van der Waals surface area contributed by atoms with Gasteiger partial charge in [0.15, 0.2) is 5.96 Å². The number of aliphatic imine (C=N–C) groups is 1. The molecule has 0 aliphatic carbocycles. The van der Waals surface area contributed by atoms with Crippen LogP contribution in [-0.2, 0) is 32.0 Å². The number of unbranched alkanes of at least 4 members (excludes halogenated alkanes) is 1. The zero-order chi connectivity index (χ0) is 31.6. The van der Waals surface area contributed by atoms with E-state index in [1.807, 2.05) is 36.4 Å². The van der Waals surface area contributed by atoms with Gasteiger partial charge in [-0.25, -0.2) is 4.79 Å². The fraction of sp³-hybridized carbons (Fsp3) is 0.433. The minimum absolute atomic E-state index is 0.0584. The van der Waals surface area contributed by atoms with Crippen LogP contribution in [0.15, 0.2) is 65.7 Å². The lowest BCUT2D eigenvalue weighted by molar-refractivity contribution is -0.142. The summed E-state index contributed by atoms with van der Waals surface area (Å²) in [5.74, 6) is -3.06. The van der Waals surface area contributed by atoms with Crippen molar-refractivity contribution in [3.8, 4) is 0 Å². The monoisotopic (exact) mass is 596 g/mol. The molecule has 2 rings (SSSR count). The Balaban J connectivity index is 2.24. The van der Waals surface area contributed by atoms with E-state index < -0.39 is 47.9 Å². The topological polar surface area (TPSA) is 241 Å². The van der Waals surface area contributed by atoms with Crippen LogP contribution in [0.2, 0.25) is 0 Å². The van der Waals surface area contributed by atoms with E-state index >= 15 is 0 Å². The summed E-state index contributed by atoms with van der Waals surface area (Å²) in [5, 5.41) is 17.7. The second kappa shape index (κ2) is 18.8. The second-order valence-corrected chi connectivity index (χ2v) is 10.2. The third-order valence-corrected chi connectivity index (χ3v) is 6.70.